The van der Waals surface area contributed by atoms with Gasteiger partial charge in [-0.25, -0.2) is 19.4 Å². The van der Waals surface area contributed by atoms with Crippen molar-refractivity contribution in [1.82, 2.24) is 19.7 Å². The molecule has 0 spiro atoms. The molecular formula is C12H13N5O2. The summed E-state index contributed by atoms with van der Waals surface area (Å²) in [7, 11) is 0. The van der Waals surface area contributed by atoms with Gasteiger partial charge < -0.3 is 10.4 Å². The summed E-state index contributed by atoms with van der Waals surface area (Å²) in [5, 5.41) is 16.3. The molecule has 0 saturated heterocycles. The number of carboxylic acids is 1. The van der Waals surface area contributed by atoms with Crippen molar-refractivity contribution < 1.29 is 9.90 Å². The minimum absolute atomic E-state index is 0.0211. The fourth-order valence-electron chi connectivity index (χ4n) is 2.24. The van der Waals surface area contributed by atoms with E-state index in [2.05, 4.69) is 20.4 Å². The molecule has 1 aliphatic heterocycles. The molecule has 1 aliphatic rings. The van der Waals surface area contributed by atoms with Crippen molar-refractivity contribution in [3.63, 3.8) is 0 Å². The largest absolute Gasteiger partial charge is 0.477 e. The van der Waals surface area contributed by atoms with Crippen molar-refractivity contribution in [2.45, 2.75) is 25.4 Å². The molecule has 0 aromatic carbocycles. The van der Waals surface area contributed by atoms with Crippen LogP contribution < -0.4 is 5.32 Å². The maximum atomic E-state index is 10.9. The lowest BCUT2D eigenvalue weighted by Crippen LogP contribution is -2.23. The molecule has 0 radical (unpaired) electrons. The minimum atomic E-state index is -1.03. The minimum Gasteiger partial charge on any atom is -0.477 e. The molecule has 3 rings (SSSR count). The number of pyridine rings is 1. The topological polar surface area (TPSA) is 92.9 Å². The van der Waals surface area contributed by atoms with Crippen LogP contribution in [0.3, 0.4) is 0 Å². The highest BCUT2D eigenvalue weighted by molar-refractivity contribution is 5.85. The normalized spacial score (nSPS) is 17.8. The number of hydrogen-bond donors (Lipinski definition) is 2. The Labute approximate surface area is 109 Å². The average Bonchev–Trinajstić information content (AvgIpc) is 2.88. The summed E-state index contributed by atoms with van der Waals surface area (Å²) in [4.78, 5) is 19.2. The summed E-state index contributed by atoms with van der Waals surface area (Å²) >= 11 is 0. The van der Waals surface area contributed by atoms with Gasteiger partial charge in [0.25, 0.3) is 0 Å². The Morgan fingerprint density at radius 1 is 1.47 bits per heavy atom. The number of fused-ring (bicyclic) bond motifs is 1. The van der Waals surface area contributed by atoms with Gasteiger partial charge in [-0.15, -0.1) is 0 Å². The zero-order chi connectivity index (χ0) is 13.2. The van der Waals surface area contributed by atoms with Crippen molar-refractivity contribution in [2.24, 2.45) is 0 Å². The number of nitrogens with zero attached hydrogens (tertiary/aromatic N) is 4. The van der Waals surface area contributed by atoms with E-state index in [1.165, 1.54) is 12.4 Å². The quantitative estimate of drug-likeness (QED) is 0.863. The molecule has 19 heavy (non-hydrogen) atoms. The summed E-state index contributed by atoms with van der Waals surface area (Å²) < 4.78 is 1.86. The van der Waals surface area contributed by atoms with Gasteiger partial charge in [0.1, 0.15) is 18.0 Å². The number of aromatic nitrogens is 4. The van der Waals surface area contributed by atoms with Crippen molar-refractivity contribution in [2.75, 3.05) is 5.32 Å². The molecule has 2 N–H and O–H groups in total. The third-order valence-electron chi connectivity index (χ3n) is 3.11. The predicted molar refractivity (Wildman–Crippen MR) is 66.8 cm³/mol. The van der Waals surface area contributed by atoms with E-state index in [0.29, 0.717) is 5.82 Å². The average molecular weight is 259 g/mol. The fourth-order valence-corrected chi connectivity index (χ4v) is 2.24. The number of nitrogens with one attached hydrogen (secondary N) is 1. The zero-order valence-corrected chi connectivity index (χ0v) is 10.2. The first-order chi connectivity index (χ1) is 9.24. The van der Waals surface area contributed by atoms with Crippen LogP contribution in [0.4, 0.5) is 5.82 Å². The van der Waals surface area contributed by atoms with Gasteiger partial charge in [-0.05, 0) is 25.0 Å². The van der Waals surface area contributed by atoms with Crippen molar-refractivity contribution in [3.8, 4) is 0 Å². The molecule has 2 aromatic heterocycles. The molecular weight excluding hydrogens is 246 g/mol. The van der Waals surface area contributed by atoms with Gasteiger partial charge in [0, 0.05) is 6.54 Å². The zero-order valence-electron chi connectivity index (χ0n) is 10.2. The number of carbonyl (C=O) groups is 1. The van der Waals surface area contributed by atoms with E-state index < -0.39 is 5.97 Å². The summed E-state index contributed by atoms with van der Waals surface area (Å²) in [6, 6.07) is 4.91. The van der Waals surface area contributed by atoms with E-state index in [1.807, 2.05) is 4.68 Å². The smallest absolute Gasteiger partial charge is 0.354 e. The highest BCUT2D eigenvalue weighted by Gasteiger charge is 2.22. The van der Waals surface area contributed by atoms with Crippen molar-refractivity contribution in [3.05, 3.63) is 36.0 Å². The number of anilines is 1. The first-order valence-electron chi connectivity index (χ1n) is 6.08. The van der Waals surface area contributed by atoms with Gasteiger partial charge in [-0.1, -0.05) is 6.07 Å². The lowest BCUT2D eigenvalue weighted by molar-refractivity contribution is 0.0690. The van der Waals surface area contributed by atoms with Crippen molar-refractivity contribution in [1.29, 1.82) is 0 Å². The molecule has 0 saturated carbocycles. The molecule has 0 aliphatic carbocycles. The summed E-state index contributed by atoms with van der Waals surface area (Å²) in [6.07, 6.45) is 3.47. The van der Waals surface area contributed by atoms with Crippen LogP contribution in [0.25, 0.3) is 0 Å². The molecule has 1 unspecified atom stereocenters. The second-order valence-corrected chi connectivity index (χ2v) is 4.39. The highest BCUT2D eigenvalue weighted by Crippen LogP contribution is 2.25. The van der Waals surface area contributed by atoms with Crippen LogP contribution in [-0.2, 0) is 6.54 Å². The predicted octanol–water partition coefficient (Wildman–Crippen LogP) is 1.32. The maximum Gasteiger partial charge on any atom is 0.354 e. The Hall–Kier alpha value is -2.44. The van der Waals surface area contributed by atoms with Gasteiger partial charge in [0.15, 0.2) is 5.69 Å². The number of aromatic carboxylic acids is 1. The Morgan fingerprint density at radius 3 is 3.21 bits per heavy atom. The maximum absolute atomic E-state index is 10.9. The Bertz CT molecular complexity index is 610. The SMILES string of the molecule is O=C(O)c1cccc(NC2CCCn3ncnc32)n1. The first kappa shape index (κ1) is 11.6. The van der Waals surface area contributed by atoms with Crippen LogP contribution in [0.5, 0.6) is 0 Å². The molecule has 0 fully saturated rings. The van der Waals surface area contributed by atoms with Gasteiger partial charge in [0.2, 0.25) is 0 Å². The Morgan fingerprint density at radius 2 is 2.37 bits per heavy atom. The molecule has 7 nitrogen and oxygen atoms in total. The third-order valence-corrected chi connectivity index (χ3v) is 3.11. The van der Waals surface area contributed by atoms with E-state index >= 15 is 0 Å². The number of rotatable bonds is 3. The summed E-state index contributed by atoms with van der Waals surface area (Å²) in [6.45, 7) is 0.871. The van der Waals surface area contributed by atoms with Gasteiger partial charge >= 0.3 is 5.97 Å². The van der Waals surface area contributed by atoms with Gasteiger partial charge in [-0.2, -0.15) is 5.10 Å². The molecule has 0 amide bonds. The summed E-state index contributed by atoms with van der Waals surface area (Å²) in [5.74, 6) is 0.380. The van der Waals surface area contributed by atoms with E-state index in [9.17, 15) is 4.79 Å². The molecule has 98 valence electrons. The monoisotopic (exact) mass is 259 g/mol. The van der Waals surface area contributed by atoms with E-state index in [4.69, 9.17) is 5.11 Å². The standard InChI is InChI=1S/C12H13N5O2/c18-12(19)9-3-1-5-10(16-9)15-8-4-2-6-17-11(8)13-7-14-17/h1,3,5,7-8H,2,4,6H2,(H,15,16)(H,18,19). The van der Waals surface area contributed by atoms with Crippen LogP contribution in [0.15, 0.2) is 24.5 Å². The van der Waals surface area contributed by atoms with E-state index in [1.54, 1.807) is 12.1 Å². The van der Waals surface area contributed by atoms with Crippen LogP contribution in [0.2, 0.25) is 0 Å². The molecule has 0 bridgehead atoms. The van der Waals surface area contributed by atoms with E-state index in [-0.39, 0.29) is 11.7 Å². The fraction of sp³-hybridized carbons (Fsp3) is 0.333. The summed E-state index contributed by atoms with van der Waals surface area (Å²) in [5.41, 5.74) is 0.0299. The first-order valence-corrected chi connectivity index (χ1v) is 6.08. The van der Waals surface area contributed by atoms with E-state index in [0.717, 1.165) is 25.2 Å². The molecule has 7 heteroatoms. The second-order valence-electron chi connectivity index (χ2n) is 4.39. The molecule has 1 atom stereocenters. The van der Waals surface area contributed by atoms with Gasteiger partial charge in [-0.3, -0.25) is 0 Å². The number of hydrogen-bond acceptors (Lipinski definition) is 5. The van der Waals surface area contributed by atoms with Gasteiger partial charge in [0.05, 0.1) is 6.04 Å². The Kier molecular flexibility index (Phi) is 2.86. The van der Waals surface area contributed by atoms with Crippen LogP contribution >= 0.6 is 0 Å². The van der Waals surface area contributed by atoms with Crippen LogP contribution in [0.1, 0.15) is 35.2 Å². The highest BCUT2D eigenvalue weighted by atomic mass is 16.4. The third kappa shape index (κ3) is 2.26. The Balaban J connectivity index is 1.83. The number of carboxylic acid groups (broad SMARTS) is 1. The molecule has 2 aromatic rings. The molecule has 3 heterocycles. The number of aryl methyl sites for hydroxylation is 1. The van der Waals surface area contributed by atoms with Crippen LogP contribution in [-0.4, -0.2) is 30.8 Å². The van der Waals surface area contributed by atoms with Crippen molar-refractivity contribution >= 4 is 11.8 Å². The lowest BCUT2D eigenvalue weighted by Gasteiger charge is -2.23. The second kappa shape index (κ2) is 4.68. The van der Waals surface area contributed by atoms with Crippen LogP contribution in [0, 0.1) is 0 Å². The lowest BCUT2D eigenvalue weighted by atomic mass is 10.1.